The molecule has 6 heteroatoms. The number of hydrogen-bond donors (Lipinski definition) is 1. The van der Waals surface area contributed by atoms with Crippen molar-refractivity contribution in [1.82, 2.24) is 9.80 Å². The number of nitrogens with zero attached hydrogens (tertiary/aromatic N) is 2. The van der Waals surface area contributed by atoms with E-state index in [1.165, 1.54) is 15.3 Å². The van der Waals surface area contributed by atoms with E-state index >= 15 is 0 Å². The average molecular weight is 310 g/mol. The SMILES string of the molecule is CCC(C)N(CC(=O)O)C(=O)N1CCc2sccc2C1C. The van der Waals surface area contributed by atoms with Crippen molar-refractivity contribution in [2.45, 2.75) is 45.7 Å². The van der Waals surface area contributed by atoms with Crippen molar-refractivity contribution in [2.75, 3.05) is 13.1 Å². The number of hydrogen-bond acceptors (Lipinski definition) is 3. The summed E-state index contributed by atoms with van der Waals surface area (Å²) in [7, 11) is 0. The smallest absolute Gasteiger partial charge is 0.323 e. The number of urea groups is 1. The van der Waals surface area contributed by atoms with Crippen LogP contribution in [0.4, 0.5) is 4.79 Å². The summed E-state index contributed by atoms with van der Waals surface area (Å²) in [6.07, 6.45) is 1.59. The van der Waals surface area contributed by atoms with Gasteiger partial charge in [0.2, 0.25) is 0 Å². The van der Waals surface area contributed by atoms with Crippen molar-refractivity contribution in [3.63, 3.8) is 0 Å². The van der Waals surface area contributed by atoms with Crippen LogP contribution in [0.15, 0.2) is 11.4 Å². The molecular weight excluding hydrogens is 288 g/mol. The Morgan fingerprint density at radius 3 is 2.90 bits per heavy atom. The van der Waals surface area contributed by atoms with Crippen molar-refractivity contribution >= 4 is 23.3 Å². The molecule has 2 atom stereocenters. The maximum Gasteiger partial charge on any atom is 0.323 e. The van der Waals surface area contributed by atoms with Gasteiger partial charge in [0.1, 0.15) is 6.54 Å². The lowest BCUT2D eigenvalue weighted by molar-refractivity contribution is -0.138. The third kappa shape index (κ3) is 3.20. The topological polar surface area (TPSA) is 60.9 Å². The second kappa shape index (κ2) is 6.47. The predicted molar refractivity (Wildman–Crippen MR) is 82.6 cm³/mol. The summed E-state index contributed by atoms with van der Waals surface area (Å²) in [5.74, 6) is -0.968. The maximum absolute atomic E-state index is 12.8. The lowest BCUT2D eigenvalue weighted by Gasteiger charge is -2.39. The summed E-state index contributed by atoms with van der Waals surface area (Å²) in [5.41, 5.74) is 1.19. The highest BCUT2D eigenvalue weighted by molar-refractivity contribution is 7.10. The van der Waals surface area contributed by atoms with Crippen LogP contribution in [-0.2, 0) is 11.2 Å². The molecule has 0 bridgehead atoms. The molecule has 0 aliphatic carbocycles. The Bertz CT molecular complexity index is 529. The van der Waals surface area contributed by atoms with Gasteiger partial charge >= 0.3 is 12.0 Å². The minimum Gasteiger partial charge on any atom is -0.480 e. The Labute approximate surface area is 129 Å². The quantitative estimate of drug-likeness (QED) is 0.930. The van der Waals surface area contributed by atoms with Gasteiger partial charge in [-0.1, -0.05) is 6.92 Å². The first-order valence-corrected chi connectivity index (χ1v) is 8.19. The predicted octanol–water partition coefficient (Wildman–Crippen LogP) is 2.97. The molecule has 0 spiro atoms. The van der Waals surface area contributed by atoms with Gasteiger partial charge in [0.15, 0.2) is 0 Å². The van der Waals surface area contributed by atoms with E-state index in [0.29, 0.717) is 6.54 Å². The Hall–Kier alpha value is -1.56. The lowest BCUT2D eigenvalue weighted by atomic mass is 10.0. The first kappa shape index (κ1) is 15.8. The van der Waals surface area contributed by atoms with E-state index in [1.807, 2.05) is 20.8 Å². The number of aliphatic carboxylic acids is 1. The molecular formula is C15H22N2O3S. The molecule has 1 aliphatic rings. The molecule has 5 nitrogen and oxygen atoms in total. The molecule has 1 aliphatic heterocycles. The van der Waals surface area contributed by atoms with Crippen molar-refractivity contribution in [3.8, 4) is 0 Å². The molecule has 0 aromatic carbocycles. The number of carboxylic acids is 1. The monoisotopic (exact) mass is 310 g/mol. The number of carbonyl (C=O) groups excluding carboxylic acids is 1. The third-order valence-corrected chi connectivity index (χ3v) is 5.19. The lowest BCUT2D eigenvalue weighted by Crippen LogP contribution is -2.51. The second-order valence-corrected chi connectivity index (χ2v) is 6.48. The Morgan fingerprint density at radius 1 is 1.57 bits per heavy atom. The number of carbonyl (C=O) groups is 2. The summed E-state index contributed by atoms with van der Waals surface area (Å²) in [4.78, 5) is 28.4. The molecule has 0 radical (unpaired) electrons. The molecule has 21 heavy (non-hydrogen) atoms. The second-order valence-electron chi connectivity index (χ2n) is 5.48. The standard InChI is InChI=1S/C15H22N2O3S/c1-4-10(2)17(9-14(18)19)15(20)16-7-5-13-12(11(16)3)6-8-21-13/h6,8,10-11H,4-5,7,9H2,1-3H3,(H,18,19). The number of fused-ring (bicyclic) bond motifs is 1. The van der Waals surface area contributed by atoms with Crippen LogP contribution in [-0.4, -0.2) is 46.0 Å². The zero-order chi connectivity index (χ0) is 15.6. The van der Waals surface area contributed by atoms with Gasteiger partial charge in [-0.25, -0.2) is 4.79 Å². The average Bonchev–Trinajstić information content (AvgIpc) is 2.93. The maximum atomic E-state index is 12.8. The minimum absolute atomic E-state index is 0.00727. The number of rotatable bonds is 4. The van der Waals surface area contributed by atoms with E-state index in [9.17, 15) is 9.59 Å². The molecule has 1 N–H and O–H groups in total. The summed E-state index contributed by atoms with van der Waals surface area (Å²) in [6.45, 7) is 6.28. The zero-order valence-corrected chi connectivity index (χ0v) is 13.5. The molecule has 0 fully saturated rings. The van der Waals surface area contributed by atoms with Gasteiger partial charge in [0.25, 0.3) is 0 Å². The van der Waals surface area contributed by atoms with Crippen LogP contribution >= 0.6 is 11.3 Å². The number of thiophene rings is 1. The van der Waals surface area contributed by atoms with Crippen molar-refractivity contribution < 1.29 is 14.7 Å². The van der Waals surface area contributed by atoms with Crippen LogP contribution in [0, 0.1) is 0 Å². The molecule has 2 rings (SSSR count). The van der Waals surface area contributed by atoms with Gasteiger partial charge in [-0.05, 0) is 43.7 Å². The van der Waals surface area contributed by atoms with E-state index in [4.69, 9.17) is 5.11 Å². The van der Waals surface area contributed by atoms with Gasteiger partial charge in [-0.2, -0.15) is 0 Å². The van der Waals surface area contributed by atoms with E-state index in [1.54, 1.807) is 16.2 Å². The summed E-state index contributed by atoms with van der Waals surface area (Å²) < 4.78 is 0. The van der Waals surface area contributed by atoms with Gasteiger partial charge < -0.3 is 14.9 Å². The molecule has 0 saturated carbocycles. The molecule has 2 heterocycles. The molecule has 1 aromatic rings. The highest BCUT2D eigenvalue weighted by atomic mass is 32.1. The summed E-state index contributed by atoms with van der Waals surface area (Å²) in [5, 5.41) is 11.1. The van der Waals surface area contributed by atoms with Crippen LogP contribution in [0.1, 0.15) is 43.7 Å². The normalized spacial score (nSPS) is 19.0. The Balaban J connectivity index is 2.19. The Kier molecular flexibility index (Phi) is 4.88. The van der Waals surface area contributed by atoms with Gasteiger partial charge in [0.05, 0.1) is 6.04 Å². The fourth-order valence-electron chi connectivity index (χ4n) is 2.71. The van der Waals surface area contributed by atoms with Crippen LogP contribution in [0.25, 0.3) is 0 Å². The molecule has 1 aromatic heterocycles. The third-order valence-electron chi connectivity index (χ3n) is 4.20. The van der Waals surface area contributed by atoms with Gasteiger partial charge in [-0.3, -0.25) is 4.79 Å². The fourth-order valence-corrected chi connectivity index (χ4v) is 3.68. The van der Waals surface area contributed by atoms with Crippen LogP contribution < -0.4 is 0 Å². The van der Waals surface area contributed by atoms with Crippen molar-refractivity contribution in [2.24, 2.45) is 0 Å². The van der Waals surface area contributed by atoms with Crippen molar-refractivity contribution in [1.29, 1.82) is 0 Å². The van der Waals surface area contributed by atoms with Gasteiger partial charge in [-0.15, -0.1) is 11.3 Å². The van der Waals surface area contributed by atoms with E-state index in [-0.39, 0.29) is 24.7 Å². The van der Waals surface area contributed by atoms with Gasteiger partial charge in [0, 0.05) is 17.5 Å². The Morgan fingerprint density at radius 2 is 2.29 bits per heavy atom. The highest BCUT2D eigenvalue weighted by Crippen LogP contribution is 2.33. The van der Waals surface area contributed by atoms with E-state index < -0.39 is 5.97 Å². The van der Waals surface area contributed by atoms with Crippen LogP contribution in [0.2, 0.25) is 0 Å². The van der Waals surface area contributed by atoms with Crippen molar-refractivity contribution in [3.05, 3.63) is 21.9 Å². The molecule has 0 saturated heterocycles. The summed E-state index contributed by atoms with van der Waals surface area (Å²) >= 11 is 1.73. The zero-order valence-electron chi connectivity index (χ0n) is 12.7. The fraction of sp³-hybridized carbons (Fsp3) is 0.600. The molecule has 2 unspecified atom stereocenters. The van der Waals surface area contributed by atoms with E-state index in [2.05, 4.69) is 11.4 Å². The van der Waals surface area contributed by atoms with Crippen LogP contribution in [0.5, 0.6) is 0 Å². The minimum atomic E-state index is -0.968. The molecule has 2 amide bonds. The summed E-state index contributed by atoms with van der Waals surface area (Å²) in [6, 6.07) is 1.82. The van der Waals surface area contributed by atoms with Crippen LogP contribution in [0.3, 0.4) is 0 Å². The molecule has 116 valence electrons. The highest BCUT2D eigenvalue weighted by Gasteiger charge is 2.33. The number of amides is 2. The largest absolute Gasteiger partial charge is 0.480 e. The number of carboxylic acid groups (broad SMARTS) is 1. The van der Waals surface area contributed by atoms with E-state index in [0.717, 1.165) is 12.8 Å². The first-order valence-electron chi connectivity index (χ1n) is 7.31. The first-order chi connectivity index (χ1) is 9.95.